The number of aromatic nitrogens is 10. The first-order chi connectivity index (χ1) is 63.6. The molecule has 6 heterocycles. The number of azo groups is 2. The van der Waals surface area contributed by atoms with E-state index in [2.05, 4.69) is 69.5 Å². The molecule has 0 saturated heterocycles. The number of aromatic amines is 2. The number of hydrogen-bond donors (Lipinski definition) is 5. The molecule has 14 rings (SSSR count). The number of carbonyl (C=O) groups excluding carboxylic acids is 1. The Morgan fingerprint density at radius 3 is 1.53 bits per heavy atom. The summed E-state index contributed by atoms with van der Waals surface area (Å²) in [6.07, 6.45) is -3.84. The van der Waals surface area contributed by atoms with Gasteiger partial charge in [-0.15, -0.1) is 40.1 Å². The quantitative estimate of drug-likeness (QED) is 0.00955. The summed E-state index contributed by atoms with van der Waals surface area (Å²) < 4.78 is 186. The number of hydrogen-bond acceptors (Lipinski definition) is 30. The molecule has 8 aromatic carbocycles. The molecule has 0 radical (unpaired) electrons. The fraction of sp³-hybridized carbons (Fsp3) is 0.250. The number of H-pyrrole nitrogens is 2. The second kappa shape index (κ2) is 38.5. The van der Waals surface area contributed by atoms with Crippen LogP contribution in [0.2, 0.25) is 10.0 Å². The Morgan fingerprint density at radius 2 is 1.06 bits per heavy atom. The van der Waals surface area contributed by atoms with Crippen molar-refractivity contribution in [3.05, 3.63) is 260 Å². The molecule has 42 nitrogen and oxygen atoms in total. The van der Waals surface area contributed by atoms with Gasteiger partial charge in [0, 0.05) is 95.9 Å². The van der Waals surface area contributed by atoms with Gasteiger partial charge in [-0.05, 0) is 146 Å². The standard InChI is InChI=1S/C43H46ClN11O11S3.C41H36ClF3N10O10S2/c1-42(2,3)37-36(40-45-39(49-54(40)48-37)25-10-12-26(13-11-25)50-67(9,59)60)47-46-33-20-18-29(22-32(33)44)68(61,62)51-27-14-16-28(17-15-27)65-24-31-38(43(4,5)6)66-53(41(31)56)34-21-19-30(23-35(34)55(57)58)69(63,64)52(7)8;1-40(2,3)35-28(39(57)53(64-35)30-16-10-23(38(56)52(4)5)19-31(30)55(58)59)21-63-26-13-11-25(12-14-26)51-67(60,61)27-15-17-32(66-65-62-6)29(20-27)47-48-33-34(41(43,44)45)49-54-37(33)46-36(50-54)22-8-7-9-24(42)18-22/h10-23,48,51H,24H2,1-9H3,(H,50,59,60);7-20,49,51H,21H2,1-6H3. The highest BCUT2D eigenvalue weighted by atomic mass is 35.5. The molecule has 14 aromatic rings. The van der Waals surface area contributed by atoms with Crippen LogP contribution in [0.1, 0.15) is 107 Å². The van der Waals surface area contributed by atoms with Crippen molar-refractivity contribution in [1.29, 1.82) is 0 Å². The fourth-order valence-electron chi connectivity index (χ4n) is 13.1. The Labute approximate surface area is 786 Å². The minimum atomic E-state index is -4.95. The van der Waals surface area contributed by atoms with Crippen molar-refractivity contribution < 1.29 is 89.6 Å². The maximum absolute atomic E-state index is 14.2. The van der Waals surface area contributed by atoms with Gasteiger partial charge in [0.1, 0.15) is 36.1 Å². The molecule has 0 aliphatic heterocycles. The lowest BCUT2D eigenvalue weighted by Crippen LogP contribution is -2.23. The van der Waals surface area contributed by atoms with Crippen LogP contribution in [0.15, 0.2) is 233 Å². The highest BCUT2D eigenvalue weighted by Gasteiger charge is 2.40. The lowest BCUT2D eigenvalue weighted by molar-refractivity contribution is -0.385. The number of ether oxygens (including phenoxy) is 2. The number of alkyl halides is 3. The van der Waals surface area contributed by atoms with Crippen LogP contribution in [0.5, 0.6) is 11.5 Å². The number of nitro groups is 2. The number of anilines is 2. The van der Waals surface area contributed by atoms with Crippen LogP contribution >= 0.6 is 35.2 Å². The number of fused-ring (bicyclic) bond motifs is 2. The average Bonchev–Trinajstić information content (AvgIpc) is 1.62. The lowest BCUT2D eigenvalue weighted by atomic mass is 9.91. The highest BCUT2D eigenvalue weighted by molar-refractivity contribution is 7.95. The molecule has 1 unspecified atom stereocenters. The zero-order valence-corrected chi connectivity index (χ0v) is 79.8. The monoisotopic (exact) mass is 2010 g/mol. The van der Waals surface area contributed by atoms with E-state index in [1.54, 1.807) is 84.0 Å². The predicted octanol–water partition coefficient (Wildman–Crippen LogP) is 18.3. The van der Waals surface area contributed by atoms with Crippen LogP contribution in [0, 0.1) is 20.2 Å². The van der Waals surface area contributed by atoms with Crippen LogP contribution in [-0.4, -0.2) is 150 Å². The lowest BCUT2D eigenvalue weighted by Gasteiger charge is -2.16. The maximum Gasteiger partial charge on any atom is 0.435 e. The van der Waals surface area contributed by atoms with Gasteiger partial charge in [-0.2, -0.15) is 31.1 Å². The molecule has 0 aliphatic carbocycles. The van der Waals surface area contributed by atoms with E-state index in [1.165, 1.54) is 142 Å². The topological polar surface area (TPSA) is 535 Å². The Hall–Kier alpha value is -13.8. The van der Waals surface area contributed by atoms with Crippen molar-refractivity contribution in [2.45, 2.75) is 118 Å². The van der Waals surface area contributed by atoms with Crippen LogP contribution in [0.3, 0.4) is 0 Å². The third-order valence-electron chi connectivity index (χ3n) is 19.6. The van der Waals surface area contributed by atoms with Crippen molar-refractivity contribution in [3.63, 3.8) is 0 Å². The second-order valence-electron chi connectivity index (χ2n) is 33.3. The fourth-order valence-corrected chi connectivity index (χ4v) is 17.6. The largest absolute Gasteiger partial charge is 0.489 e. The molecule has 714 valence electrons. The molecule has 136 heavy (non-hydrogen) atoms. The van der Waals surface area contributed by atoms with Gasteiger partial charge in [-0.3, -0.25) is 54.3 Å². The number of amides is 1. The minimum absolute atomic E-state index is 0.0161. The van der Waals surface area contributed by atoms with E-state index in [0.717, 1.165) is 55.0 Å². The molecule has 52 heteroatoms. The summed E-state index contributed by atoms with van der Waals surface area (Å²) >= 11 is 13.3. The van der Waals surface area contributed by atoms with Crippen LogP contribution in [0.25, 0.3) is 45.4 Å². The van der Waals surface area contributed by atoms with Gasteiger partial charge in [0.2, 0.25) is 21.3 Å². The predicted molar refractivity (Wildman–Crippen MR) is 495 cm³/mol. The normalized spacial score (nSPS) is 12.9. The summed E-state index contributed by atoms with van der Waals surface area (Å²) in [4.78, 5) is 76.8. The van der Waals surface area contributed by atoms with Gasteiger partial charge < -0.3 is 28.0 Å². The van der Waals surface area contributed by atoms with Gasteiger partial charge in [0.15, 0.2) is 61.6 Å². The molecule has 0 spiro atoms. The van der Waals surface area contributed by atoms with Crippen molar-refractivity contribution in [1.82, 2.24) is 58.3 Å². The SMILES string of the molecule is CN(C)S(=O)(=O)c1ccc(-n2oc(C(C)(C)C)c(COc3ccc(NS(=O)(=O)c4ccc(N=Nc5c(C(C)(C)C)[nH]n6nc(-c7ccc(N=S(C)(=O)O)cc7)nc56)c(Cl)c4)cc3)c2=O)c([N+](=O)[O-])c1.COOSc1ccc(S(=O)(=O)Nc2ccc(OCc3c(C(C)(C)C)on(-c4ccc(C(=O)N(C)C)cc4[N+](=O)[O-])c3=O)cc2)cc1N=Nc1c(C(F)(F)F)[nH]n2nc(-c3cccc(Cl)c3)nc12. The minimum Gasteiger partial charge on any atom is -0.489 e. The van der Waals surface area contributed by atoms with Gasteiger partial charge >= 0.3 is 6.18 Å². The summed E-state index contributed by atoms with van der Waals surface area (Å²) in [7, 11) is -9.22. The Morgan fingerprint density at radius 1 is 0.581 bits per heavy atom. The summed E-state index contributed by atoms with van der Waals surface area (Å²) in [5, 5.41) is 55.2. The summed E-state index contributed by atoms with van der Waals surface area (Å²) in [5.74, 6) is 0.655. The van der Waals surface area contributed by atoms with Gasteiger partial charge in [-0.25, -0.2) is 48.6 Å². The van der Waals surface area contributed by atoms with E-state index in [1.807, 2.05) is 20.8 Å². The summed E-state index contributed by atoms with van der Waals surface area (Å²) in [5.41, 5.74) is -4.67. The van der Waals surface area contributed by atoms with E-state index in [4.69, 9.17) is 46.1 Å². The molecule has 0 bridgehead atoms. The first-order valence-electron chi connectivity index (χ1n) is 39.8. The zero-order valence-electron chi connectivity index (χ0n) is 74.2. The molecule has 1 amide bonds. The van der Waals surface area contributed by atoms with Gasteiger partial charge in [0.25, 0.3) is 48.4 Å². The molecule has 0 fully saturated rings. The van der Waals surface area contributed by atoms with Gasteiger partial charge in [0.05, 0.1) is 76.1 Å². The van der Waals surface area contributed by atoms with Crippen molar-refractivity contribution >= 4 is 144 Å². The molecular formula is C84H82Cl2F3N21O21S5. The zero-order chi connectivity index (χ0) is 99.2. The Bertz CT molecular complexity index is 7730. The van der Waals surface area contributed by atoms with Crippen LogP contribution in [-0.2, 0) is 84.9 Å². The number of nitro benzene ring substituents is 2. The van der Waals surface area contributed by atoms with E-state index in [-0.39, 0.29) is 123 Å². The molecule has 5 N–H and O–H groups in total. The van der Waals surface area contributed by atoms with E-state index in [0.29, 0.717) is 56.7 Å². The summed E-state index contributed by atoms with van der Waals surface area (Å²) in [6, 6.07) is 38.5. The Balaban J connectivity index is 0.000000230. The number of nitrogens with one attached hydrogen (secondary N) is 4. The maximum atomic E-state index is 14.2. The molecular weight excluding hydrogens is 1930 g/mol. The molecule has 0 saturated carbocycles. The highest BCUT2D eigenvalue weighted by Crippen LogP contribution is 2.44. The van der Waals surface area contributed by atoms with Gasteiger partial charge in [-0.1, -0.05) is 97.6 Å². The number of benzene rings is 8. The molecule has 1 atom stereocenters. The van der Waals surface area contributed by atoms with Crippen LogP contribution < -0.4 is 30.0 Å². The summed E-state index contributed by atoms with van der Waals surface area (Å²) in [6.45, 7) is 15.8. The number of rotatable bonds is 29. The molecule has 0 aliphatic rings. The average molecular weight is 2010 g/mol. The van der Waals surface area contributed by atoms with E-state index >= 15 is 0 Å². The number of carbonyl (C=O) groups is 1. The first-order valence-corrected chi connectivity index (χ1v) is 47.6. The third-order valence-corrected chi connectivity index (χ3v) is 26.0. The first kappa shape index (κ1) is 99.6. The number of sulfonamides is 3. The third kappa shape index (κ3) is 22.2. The van der Waals surface area contributed by atoms with E-state index < -0.39 is 112 Å². The van der Waals surface area contributed by atoms with Crippen LogP contribution in [0.4, 0.5) is 64.4 Å². The second-order valence-corrected chi connectivity index (χ2v) is 42.1. The molecule has 6 aromatic heterocycles. The smallest absolute Gasteiger partial charge is 0.435 e. The van der Waals surface area contributed by atoms with E-state index in [9.17, 15) is 81.8 Å². The number of halogens is 5. The van der Waals surface area contributed by atoms with Crippen molar-refractivity contribution in [3.8, 4) is 45.6 Å². The Kier molecular flexibility index (Phi) is 28.2. The number of nitrogens with zero attached hydrogens (tertiary/aromatic N) is 17. The van der Waals surface area contributed by atoms with Crippen molar-refractivity contribution in [2.75, 3.05) is 51.0 Å². The van der Waals surface area contributed by atoms with Crippen molar-refractivity contribution in [2.24, 2.45) is 24.8 Å².